The minimum absolute atomic E-state index is 0.579. The van der Waals surface area contributed by atoms with E-state index < -0.39 is 0 Å². The molecule has 0 aromatic carbocycles. The Bertz CT molecular complexity index is 766. The summed E-state index contributed by atoms with van der Waals surface area (Å²) in [7, 11) is 0. The topological polar surface area (TPSA) is 64.0 Å². The first-order valence-electron chi connectivity index (χ1n) is 9.88. The zero-order valence-corrected chi connectivity index (χ0v) is 15.0. The molecule has 136 valence electrons. The monoisotopic (exact) mass is 351 g/mol. The highest BCUT2D eigenvalue weighted by molar-refractivity contribution is 5.38. The molecule has 2 saturated carbocycles. The lowest BCUT2D eigenvalue weighted by atomic mass is 9.98. The number of hydrogen-bond acceptors (Lipinski definition) is 6. The summed E-state index contributed by atoms with van der Waals surface area (Å²) in [4.78, 5) is 20.2. The van der Waals surface area contributed by atoms with Gasteiger partial charge in [0.05, 0.1) is 12.3 Å². The van der Waals surface area contributed by atoms with Gasteiger partial charge < -0.3 is 9.64 Å². The summed E-state index contributed by atoms with van der Waals surface area (Å²) >= 11 is 0. The zero-order chi connectivity index (χ0) is 17.3. The van der Waals surface area contributed by atoms with Gasteiger partial charge in [0.1, 0.15) is 18.0 Å². The average Bonchev–Trinajstić information content (AvgIpc) is 3.59. The molecule has 5 rings (SSSR count). The summed E-state index contributed by atoms with van der Waals surface area (Å²) in [6, 6.07) is 4.07. The Kier molecular flexibility index (Phi) is 4.19. The second-order valence-corrected chi connectivity index (χ2v) is 7.84. The molecule has 0 N–H and O–H groups in total. The van der Waals surface area contributed by atoms with Gasteiger partial charge in [0, 0.05) is 37.2 Å². The van der Waals surface area contributed by atoms with Crippen LogP contribution in [0.1, 0.15) is 61.9 Å². The Morgan fingerprint density at radius 3 is 2.54 bits per heavy atom. The van der Waals surface area contributed by atoms with Crippen molar-refractivity contribution in [3.8, 4) is 5.88 Å². The first kappa shape index (κ1) is 16.0. The molecular weight excluding hydrogens is 326 g/mol. The van der Waals surface area contributed by atoms with E-state index >= 15 is 0 Å². The van der Waals surface area contributed by atoms with Gasteiger partial charge in [0.25, 0.3) is 0 Å². The molecule has 2 aliphatic carbocycles. The van der Waals surface area contributed by atoms with Crippen molar-refractivity contribution in [1.82, 2.24) is 19.9 Å². The molecule has 2 aromatic heterocycles. The van der Waals surface area contributed by atoms with Gasteiger partial charge in [-0.2, -0.15) is 0 Å². The maximum Gasteiger partial charge on any atom is 0.216 e. The van der Waals surface area contributed by atoms with Crippen LogP contribution in [0, 0.1) is 5.92 Å². The van der Waals surface area contributed by atoms with Crippen LogP contribution >= 0.6 is 0 Å². The van der Waals surface area contributed by atoms with Crippen LogP contribution in [0.4, 0.5) is 5.82 Å². The van der Waals surface area contributed by atoms with E-state index in [0.29, 0.717) is 17.8 Å². The van der Waals surface area contributed by atoms with Gasteiger partial charge in [0.2, 0.25) is 5.88 Å². The van der Waals surface area contributed by atoms with Crippen molar-refractivity contribution in [2.45, 2.75) is 50.4 Å². The van der Waals surface area contributed by atoms with Gasteiger partial charge in [-0.3, -0.25) is 0 Å². The molecule has 0 bridgehead atoms. The fourth-order valence-electron chi connectivity index (χ4n) is 3.64. The highest BCUT2D eigenvalue weighted by atomic mass is 16.5. The Morgan fingerprint density at radius 1 is 0.962 bits per heavy atom. The quantitative estimate of drug-likeness (QED) is 0.795. The molecule has 0 atom stereocenters. The zero-order valence-electron chi connectivity index (χ0n) is 15.0. The number of rotatable bonds is 6. The molecular formula is C20H25N5O. The predicted octanol–water partition coefficient (Wildman–Crippen LogP) is 3.32. The highest BCUT2D eigenvalue weighted by Gasteiger charge is 2.28. The molecule has 0 radical (unpaired) electrons. The van der Waals surface area contributed by atoms with Crippen molar-refractivity contribution < 1.29 is 4.74 Å². The number of piperidine rings is 1. The summed E-state index contributed by atoms with van der Waals surface area (Å²) in [5.41, 5.74) is 1.14. The van der Waals surface area contributed by atoms with Crippen LogP contribution in [-0.4, -0.2) is 39.6 Å². The van der Waals surface area contributed by atoms with E-state index in [2.05, 4.69) is 19.9 Å². The Morgan fingerprint density at radius 2 is 1.77 bits per heavy atom. The number of nitrogens with zero attached hydrogens (tertiary/aromatic N) is 5. The first-order valence-corrected chi connectivity index (χ1v) is 9.88. The SMILES string of the molecule is c1nc(OCC2CCN(c3ccnc(C4CC4)n3)CC2)cc(C2CC2)n1. The second-order valence-electron chi connectivity index (χ2n) is 7.84. The van der Waals surface area contributed by atoms with Crippen LogP contribution in [0.2, 0.25) is 0 Å². The summed E-state index contributed by atoms with van der Waals surface area (Å²) < 4.78 is 5.97. The van der Waals surface area contributed by atoms with Gasteiger partial charge >= 0.3 is 0 Å². The summed E-state index contributed by atoms with van der Waals surface area (Å²) in [6.45, 7) is 2.81. The normalized spacial score (nSPS) is 21.0. The molecule has 0 unspecified atom stereocenters. The highest BCUT2D eigenvalue weighted by Crippen LogP contribution is 2.39. The van der Waals surface area contributed by atoms with E-state index in [0.717, 1.165) is 55.8 Å². The Hall–Kier alpha value is -2.24. The van der Waals surface area contributed by atoms with Crippen molar-refractivity contribution in [2.24, 2.45) is 5.92 Å². The third kappa shape index (κ3) is 3.64. The molecule has 3 aliphatic rings. The Labute approximate surface area is 154 Å². The van der Waals surface area contributed by atoms with Crippen LogP contribution in [0.5, 0.6) is 5.88 Å². The van der Waals surface area contributed by atoms with Gasteiger partial charge in [-0.05, 0) is 50.5 Å². The molecule has 2 aromatic rings. The van der Waals surface area contributed by atoms with Gasteiger partial charge in [-0.25, -0.2) is 19.9 Å². The van der Waals surface area contributed by atoms with E-state index in [4.69, 9.17) is 9.72 Å². The lowest BCUT2D eigenvalue weighted by Crippen LogP contribution is -2.36. The van der Waals surface area contributed by atoms with Crippen molar-refractivity contribution in [3.63, 3.8) is 0 Å². The fourth-order valence-corrected chi connectivity index (χ4v) is 3.64. The minimum Gasteiger partial charge on any atom is -0.477 e. The van der Waals surface area contributed by atoms with Crippen LogP contribution in [-0.2, 0) is 0 Å². The largest absolute Gasteiger partial charge is 0.477 e. The van der Waals surface area contributed by atoms with Crippen LogP contribution in [0.15, 0.2) is 24.7 Å². The third-order valence-corrected chi connectivity index (χ3v) is 5.67. The lowest BCUT2D eigenvalue weighted by Gasteiger charge is -2.32. The number of hydrogen-bond donors (Lipinski definition) is 0. The van der Waals surface area contributed by atoms with E-state index in [1.165, 1.54) is 25.7 Å². The van der Waals surface area contributed by atoms with Gasteiger partial charge in [0.15, 0.2) is 0 Å². The number of ether oxygens (including phenoxy) is 1. The van der Waals surface area contributed by atoms with Crippen molar-refractivity contribution in [1.29, 1.82) is 0 Å². The lowest BCUT2D eigenvalue weighted by molar-refractivity contribution is 0.215. The van der Waals surface area contributed by atoms with E-state index in [1.807, 2.05) is 18.3 Å². The predicted molar refractivity (Wildman–Crippen MR) is 98.4 cm³/mol. The minimum atomic E-state index is 0.579. The Balaban J connectivity index is 1.13. The second kappa shape index (κ2) is 6.82. The standard InChI is InChI=1S/C20H25N5O/c1-2-15(1)17-11-19(23-13-22-17)26-12-14-6-9-25(10-7-14)18-5-8-21-20(24-18)16-3-4-16/h5,8,11,13-16H,1-4,6-7,9-10,12H2. The van der Waals surface area contributed by atoms with Crippen molar-refractivity contribution in [2.75, 3.05) is 24.6 Å². The number of anilines is 1. The smallest absolute Gasteiger partial charge is 0.216 e. The van der Waals surface area contributed by atoms with Crippen molar-refractivity contribution >= 4 is 5.82 Å². The first-order chi connectivity index (χ1) is 12.8. The van der Waals surface area contributed by atoms with E-state index in [-0.39, 0.29) is 0 Å². The van der Waals surface area contributed by atoms with Crippen LogP contribution < -0.4 is 9.64 Å². The average molecular weight is 351 g/mol. The molecule has 3 fully saturated rings. The van der Waals surface area contributed by atoms with Crippen LogP contribution in [0.25, 0.3) is 0 Å². The number of aromatic nitrogens is 4. The molecule has 6 heteroatoms. The summed E-state index contributed by atoms with van der Waals surface area (Å²) in [5, 5.41) is 0. The van der Waals surface area contributed by atoms with E-state index in [9.17, 15) is 0 Å². The third-order valence-electron chi connectivity index (χ3n) is 5.67. The van der Waals surface area contributed by atoms with E-state index in [1.54, 1.807) is 6.33 Å². The molecule has 3 heterocycles. The molecule has 0 spiro atoms. The summed E-state index contributed by atoms with van der Waals surface area (Å²) in [5.74, 6) is 4.67. The van der Waals surface area contributed by atoms with Crippen molar-refractivity contribution in [3.05, 3.63) is 36.2 Å². The maximum atomic E-state index is 5.97. The fraction of sp³-hybridized carbons (Fsp3) is 0.600. The van der Waals surface area contributed by atoms with Gasteiger partial charge in [-0.1, -0.05) is 0 Å². The molecule has 6 nitrogen and oxygen atoms in total. The van der Waals surface area contributed by atoms with Crippen LogP contribution in [0.3, 0.4) is 0 Å². The molecule has 1 saturated heterocycles. The molecule has 0 amide bonds. The summed E-state index contributed by atoms with van der Waals surface area (Å²) in [6.07, 6.45) is 10.8. The maximum absolute atomic E-state index is 5.97. The van der Waals surface area contributed by atoms with Gasteiger partial charge in [-0.15, -0.1) is 0 Å². The molecule has 26 heavy (non-hydrogen) atoms. The molecule has 1 aliphatic heterocycles.